The number of nitrogens with two attached hydrogens (primary N) is 1. The first-order valence-electron chi connectivity index (χ1n) is 7.60. The second kappa shape index (κ2) is 7.90. The van der Waals surface area contributed by atoms with Gasteiger partial charge in [0.1, 0.15) is 5.75 Å². The maximum Gasteiger partial charge on any atom is 0.123 e. The van der Waals surface area contributed by atoms with E-state index in [1.807, 2.05) is 13.8 Å². The average molecular weight is 298 g/mol. The third kappa shape index (κ3) is 4.13. The van der Waals surface area contributed by atoms with Gasteiger partial charge in [0.15, 0.2) is 0 Å². The minimum absolute atomic E-state index is 0.237. The molecule has 0 radical (unpaired) electrons. The van der Waals surface area contributed by atoms with Crippen LogP contribution in [0.5, 0.6) is 5.75 Å². The van der Waals surface area contributed by atoms with Crippen molar-refractivity contribution in [3.05, 3.63) is 27.8 Å². The zero-order valence-electron chi connectivity index (χ0n) is 13.4. The zero-order valence-corrected chi connectivity index (χ0v) is 14.2. The van der Waals surface area contributed by atoms with E-state index in [-0.39, 0.29) is 6.04 Å². The maximum absolute atomic E-state index is 6.44. The predicted molar refractivity (Wildman–Crippen MR) is 88.0 cm³/mol. The minimum Gasteiger partial charge on any atom is -0.494 e. The van der Waals surface area contributed by atoms with E-state index in [0.717, 1.165) is 41.2 Å². The van der Waals surface area contributed by atoms with Crippen molar-refractivity contribution < 1.29 is 4.74 Å². The van der Waals surface area contributed by atoms with Gasteiger partial charge in [0, 0.05) is 16.6 Å². The highest BCUT2D eigenvalue weighted by atomic mass is 35.5. The number of benzene rings is 1. The molecule has 0 aliphatic rings. The lowest BCUT2D eigenvalue weighted by Crippen LogP contribution is -2.16. The molecule has 3 heteroatoms. The average Bonchev–Trinajstić information content (AvgIpc) is 2.39. The SMILES string of the molecule is CCOc1cc(C)c(Cl)c(C)c1C(CC)CCC(C)N. The summed E-state index contributed by atoms with van der Waals surface area (Å²) in [5.74, 6) is 1.45. The molecule has 114 valence electrons. The highest BCUT2D eigenvalue weighted by Crippen LogP contribution is 2.39. The molecule has 2 atom stereocenters. The molecule has 2 nitrogen and oxygen atoms in total. The summed E-state index contributed by atoms with van der Waals surface area (Å²) in [4.78, 5) is 0. The van der Waals surface area contributed by atoms with Gasteiger partial charge in [-0.2, -0.15) is 0 Å². The van der Waals surface area contributed by atoms with Crippen LogP contribution in [0.25, 0.3) is 0 Å². The van der Waals surface area contributed by atoms with E-state index in [4.69, 9.17) is 22.1 Å². The Morgan fingerprint density at radius 2 is 1.90 bits per heavy atom. The fraction of sp³-hybridized carbons (Fsp3) is 0.647. The second-order valence-electron chi connectivity index (χ2n) is 5.64. The van der Waals surface area contributed by atoms with Crippen LogP contribution >= 0.6 is 11.6 Å². The molecule has 1 aromatic rings. The van der Waals surface area contributed by atoms with E-state index in [1.165, 1.54) is 5.56 Å². The summed E-state index contributed by atoms with van der Waals surface area (Å²) in [5, 5.41) is 0.864. The van der Waals surface area contributed by atoms with Crippen LogP contribution in [0.3, 0.4) is 0 Å². The first-order chi connectivity index (χ1) is 9.42. The number of aryl methyl sites for hydroxylation is 1. The third-order valence-electron chi connectivity index (χ3n) is 3.86. The Hall–Kier alpha value is -0.730. The van der Waals surface area contributed by atoms with Crippen molar-refractivity contribution in [1.82, 2.24) is 0 Å². The molecule has 2 unspecified atom stereocenters. The molecule has 0 aliphatic heterocycles. The molecule has 1 rings (SSSR count). The number of hydrogen-bond donors (Lipinski definition) is 1. The van der Waals surface area contributed by atoms with Crippen LogP contribution in [0.15, 0.2) is 6.07 Å². The zero-order chi connectivity index (χ0) is 15.3. The van der Waals surface area contributed by atoms with E-state index in [0.29, 0.717) is 12.5 Å². The van der Waals surface area contributed by atoms with Gasteiger partial charge < -0.3 is 10.5 Å². The molecule has 0 spiro atoms. The van der Waals surface area contributed by atoms with Crippen LogP contribution < -0.4 is 10.5 Å². The summed E-state index contributed by atoms with van der Waals surface area (Å²) in [6, 6.07) is 2.31. The predicted octanol–water partition coefficient (Wildman–Crippen LogP) is 4.98. The van der Waals surface area contributed by atoms with E-state index in [1.54, 1.807) is 0 Å². The van der Waals surface area contributed by atoms with Crippen molar-refractivity contribution in [1.29, 1.82) is 0 Å². The molecule has 0 fully saturated rings. The Morgan fingerprint density at radius 1 is 1.25 bits per heavy atom. The van der Waals surface area contributed by atoms with E-state index in [9.17, 15) is 0 Å². The van der Waals surface area contributed by atoms with Crippen LogP contribution in [0.1, 0.15) is 62.6 Å². The van der Waals surface area contributed by atoms with Gasteiger partial charge in [0.25, 0.3) is 0 Å². The van der Waals surface area contributed by atoms with Gasteiger partial charge in [-0.15, -0.1) is 0 Å². The summed E-state index contributed by atoms with van der Waals surface area (Å²) < 4.78 is 5.85. The molecule has 0 heterocycles. The standard InChI is InChI=1S/C17H28ClNO/c1-6-14(9-8-12(4)19)16-13(5)17(18)11(3)10-15(16)20-7-2/h10,12,14H,6-9,19H2,1-5H3. The normalized spacial score (nSPS) is 14.2. The molecule has 1 aromatic carbocycles. The van der Waals surface area contributed by atoms with Gasteiger partial charge in [0.2, 0.25) is 0 Å². The Kier molecular flexibility index (Phi) is 6.84. The first kappa shape index (κ1) is 17.3. The molecule has 0 aromatic heterocycles. The van der Waals surface area contributed by atoms with Crippen LogP contribution in [0.4, 0.5) is 0 Å². The first-order valence-corrected chi connectivity index (χ1v) is 7.98. The Labute approximate surface area is 128 Å². The second-order valence-corrected chi connectivity index (χ2v) is 6.02. The lowest BCUT2D eigenvalue weighted by molar-refractivity contribution is 0.331. The van der Waals surface area contributed by atoms with E-state index in [2.05, 4.69) is 26.8 Å². The highest BCUT2D eigenvalue weighted by molar-refractivity contribution is 6.32. The van der Waals surface area contributed by atoms with Crippen molar-refractivity contribution in [2.24, 2.45) is 5.73 Å². The van der Waals surface area contributed by atoms with Gasteiger partial charge in [-0.3, -0.25) is 0 Å². The summed E-state index contributed by atoms with van der Waals surface area (Å²) in [7, 11) is 0. The Morgan fingerprint density at radius 3 is 2.40 bits per heavy atom. The molecule has 0 aliphatic carbocycles. The van der Waals surface area contributed by atoms with Crippen molar-refractivity contribution in [2.75, 3.05) is 6.61 Å². The summed E-state index contributed by atoms with van der Waals surface area (Å²) in [6.07, 6.45) is 3.18. The fourth-order valence-electron chi connectivity index (χ4n) is 2.74. The van der Waals surface area contributed by atoms with E-state index >= 15 is 0 Å². The quantitative estimate of drug-likeness (QED) is 0.770. The van der Waals surface area contributed by atoms with Crippen LogP contribution in [-0.4, -0.2) is 12.6 Å². The summed E-state index contributed by atoms with van der Waals surface area (Å²) >= 11 is 6.44. The van der Waals surface area contributed by atoms with Crippen molar-refractivity contribution >= 4 is 11.6 Å². The minimum atomic E-state index is 0.237. The van der Waals surface area contributed by atoms with Crippen LogP contribution in [0, 0.1) is 13.8 Å². The fourth-order valence-corrected chi connectivity index (χ4v) is 2.89. The van der Waals surface area contributed by atoms with Crippen molar-refractivity contribution in [3.63, 3.8) is 0 Å². The highest BCUT2D eigenvalue weighted by Gasteiger charge is 2.20. The molecule has 0 saturated heterocycles. The Balaban J connectivity index is 3.20. The molecular formula is C17H28ClNO. The number of halogens is 1. The van der Waals surface area contributed by atoms with Gasteiger partial charge in [0.05, 0.1) is 6.61 Å². The molecule has 0 amide bonds. The molecule has 0 bridgehead atoms. The number of ether oxygens (including phenoxy) is 1. The van der Waals surface area contributed by atoms with Crippen LogP contribution in [0.2, 0.25) is 5.02 Å². The van der Waals surface area contributed by atoms with Gasteiger partial charge in [-0.1, -0.05) is 18.5 Å². The van der Waals surface area contributed by atoms with E-state index < -0.39 is 0 Å². The lowest BCUT2D eigenvalue weighted by Gasteiger charge is -2.24. The van der Waals surface area contributed by atoms with Gasteiger partial charge in [-0.25, -0.2) is 0 Å². The maximum atomic E-state index is 6.44. The smallest absolute Gasteiger partial charge is 0.123 e. The number of rotatable bonds is 7. The Bertz CT molecular complexity index is 443. The van der Waals surface area contributed by atoms with Crippen molar-refractivity contribution in [3.8, 4) is 5.75 Å². The third-order valence-corrected chi connectivity index (χ3v) is 4.45. The molecule has 0 saturated carbocycles. The molecular weight excluding hydrogens is 270 g/mol. The van der Waals surface area contributed by atoms with Gasteiger partial charge >= 0.3 is 0 Å². The molecule has 2 N–H and O–H groups in total. The van der Waals surface area contributed by atoms with Gasteiger partial charge in [-0.05, 0) is 70.1 Å². The monoisotopic (exact) mass is 297 g/mol. The number of hydrogen-bond acceptors (Lipinski definition) is 2. The lowest BCUT2D eigenvalue weighted by atomic mass is 9.86. The van der Waals surface area contributed by atoms with Crippen molar-refractivity contribution in [2.45, 2.75) is 65.8 Å². The largest absolute Gasteiger partial charge is 0.494 e. The van der Waals surface area contributed by atoms with Crippen LogP contribution in [-0.2, 0) is 0 Å². The summed E-state index contributed by atoms with van der Waals surface area (Å²) in [6.45, 7) is 11.1. The summed E-state index contributed by atoms with van der Waals surface area (Å²) in [5.41, 5.74) is 9.41. The molecule has 20 heavy (non-hydrogen) atoms. The topological polar surface area (TPSA) is 35.2 Å².